The third-order valence-corrected chi connectivity index (χ3v) is 4.31. The molecule has 0 saturated carbocycles. The van der Waals surface area contributed by atoms with Gasteiger partial charge in [-0.15, -0.1) is 11.3 Å². The third-order valence-electron chi connectivity index (χ3n) is 2.99. The van der Waals surface area contributed by atoms with Crippen LogP contribution in [0, 0.1) is 0 Å². The van der Waals surface area contributed by atoms with E-state index in [0.717, 1.165) is 24.3 Å². The summed E-state index contributed by atoms with van der Waals surface area (Å²) < 4.78 is 0. The predicted octanol–water partition coefficient (Wildman–Crippen LogP) is 2.66. The molecule has 0 aliphatic rings. The molecule has 1 aromatic heterocycles. The predicted molar refractivity (Wildman–Crippen MR) is 80.4 cm³/mol. The highest BCUT2D eigenvalue weighted by Gasteiger charge is 2.12. The molecule has 0 fully saturated rings. The van der Waals surface area contributed by atoms with Gasteiger partial charge in [0.1, 0.15) is 5.01 Å². The highest BCUT2D eigenvalue weighted by Crippen LogP contribution is 2.19. The van der Waals surface area contributed by atoms with Crippen LogP contribution in [0.1, 0.15) is 56.5 Å². The molecule has 0 aliphatic carbocycles. The zero-order valence-electron chi connectivity index (χ0n) is 12.3. The number of aryl methyl sites for hydroxylation is 1. The molecule has 108 valence electrons. The zero-order chi connectivity index (χ0) is 14.3. The van der Waals surface area contributed by atoms with Crippen LogP contribution in [-0.4, -0.2) is 23.5 Å². The number of hydrogen-bond acceptors (Lipinski definition) is 4. The minimum Gasteiger partial charge on any atom is -0.353 e. The lowest BCUT2D eigenvalue weighted by molar-refractivity contribution is -0.121. The Morgan fingerprint density at radius 1 is 1.42 bits per heavy atom. The van der Waals surface area contributed by atoms with E-state index in [-0.39, 0.29) is 18.0 Å². The number of nitrogens with zero attached hydrogens (tertiary/aromatic N) is 1. The Bertz CT molecular complexity index is 392. The van der Waals surface area contributed by atoms with Crippen LogP contribution in [0.15, 0.2) is 6.20 Å². The van der Waals surface area contributed by atoms with Gasteiger partial charge in [0.2, 0.25) is 5.91 Å². The Labute approximate surface area is 120 Å². The highest BCUT2D eigenvalue weighted by molar-refractivity contribution is 7.11. The second kappa shape index (κ2) is 8.27. The van der Waals surface area contributed by atoms with E-state index in [4.69, 9.17) is 0 Å². The fraction of sp³-hybridized carbons (Fsp3) is 0.714. The third kappa shape index (κ3) is 5.70. The Kier molecular flexibility index (Phi) is 7.02. The first-order valence-electron chi connectivity index (χ1n) is 7.04. The van der Waals surface area contributed by atoms with Gasteiger partial charge in [-0.25, -0.2) is 4.98 Å². The molecule has 5 heteroatoms. The smallest absolute Gasteiger partial charge is 0.234 e. The van der Waals surface area contributed by atoms with Crippen molar-refractivity contribution in [3.63, 3.8) is 0 Å². The molecule has 1 heterocycles. The number of carbonyl (C=O) groups excluding carboxylic acids is 1. The van der Waals surface area contributed by atoms with Gasteiger partial charge >= 0.3 is 0 Å². The Hall–Kier alpha value is -0.940. The molecule has 0 bridgehead atoms. The second-order valence-corrected chi connectivity index (χ2v) is 6.02. The minimum absolute atomic E-state index is 0.0556. The van der Waals surface area contributed by atoms with Crippen molar-refractivity contribution in [3.05, 3.63) is 16.1 Å². The first kappa shape index (κ1) is 16.1. The molecule has 1 rings (SSSR count). The van der Waals surface area contributed by atoms with Gasteiger partial charge in [0.25, 0.3) is 0 Å². The standard InChI is InChI=1S/C14H25N3OS/c1-5-7-10(3)17-13(18)9-15-11(4)14-16-8-12(6-2)19-14/h8,10-11,15H,5-7,9H2,1-4H3,(H,17,18). The van der Waals surface area contributed by atoms with Gasteiger partial charge in [-0.1, -0.05) is 20.3 Å². The van der Waals surface area contributed by atoms with E-state index in [9.17, 15) is 4.79 Å². The summed E-state index contributed by atoms with van der Waals surface area (Å²) in [5.41, 5.74) is 0. The van der Waals surface area contributed by atoms with E-state index in [1.165, 1.54) is 4.88 Å². The van der Waals surface area contributed by atoms with E-state index in [0.29, 0.717) is 6.54 Å². The zero-order valence-corrected chi connectivity index (χ0v) is 13.1. The van der Waals surface area contributed by atoms with Crippen LogP contribution < -0.4 is 10.6 Å². The summed E-state index contributed by atoms with van der Waals surface area (Å²) in [5, 5.41) is 7.25. The van der Waals surface area contributed by atoms with Crippen LogP contribution in [0.2, 0.25) is 0 Å². The molecule has 4 nitrogen and oxygen atoms in total. The number of thiazole rings is 1. The fourth-order valence-electron chi connectivity index (χ4n) is 1.85. The topological polar surface area (TPSA) is 54.0 Å². The molecule has 19 heavy (non-hydrogen) atoms. The summed E-state index contributed by atoms with van der Waals surface area (Å²) in [6, 6.07) is 0.374. The van der Waals surface area contributed by atoms with Gasteiger partial charge in [0.05, 0.1) is 12.6 Å². The monoisotopic (exact) mass is 283 g/mol. The summed E-state index contributed by atoms with van der Waals surface area (Å²) in [6.07, 6.45) is 5.04. The summed E-state index contributed by atoms with van der Waals surface area (Å²) in [5.74, 6) is 0.0556. The van der Waals surface area contributed by atoms with E-state index in [1.54, 1.807) is 11.3 Å². The first-order chi connectivity index (χ1) is 9.06. The van der Waals surface area contributed by atoms with Crippen molar-refractivity contribution in [1.29, 1.82) is 0 Å². The Morgan fingerprint density at radius 3 is 2.74 bits per heavy atom. The number of nitrogens with one attached hydrogen (secondary N) is 2. The average molecular weight is 283 g/mol. The van der Waals surface area contributed by atoms with Gasteiger partial charge in [-0.3, -0.25) is 10.1 Å². The first-order valence-corrected chi connectivity index (χ1v) is 7.85. The van der Waals surface area contributed by atoms with Crippen molar-refractivity contribution in [3.8, 4) is 0 Å². The number of rotatable bonds is 8. The summed E-state index contributed by atoms with van der Waals surface area (Å²) >= 11 is 1.71. The normalized spacial score (nSPS) is 14.1. The number of amides is 1. The SMILES string of the molecule is CCCC(C)NC(=O)CNC(C)c1ncc(CC)s1. The van der Waals surface area contributed by atoms with Gasteiger partial charge < -0.3 is 5.32 Å². The molecular weight excluding hydrogens is 258 g/mol. The van der Waals surface area contributed by atoms with Crippen LogP contribution in [0.5, 0.6) is 0 Å². The number of hydrogen-bond donors (Lipinski definition) is 2. The Morgan fingerprint density at radius 2 is 2.16 bits per heavy atom. The maximum absolute atomic E-state index is 11.7. The molecule has 0 radical (unpaired) electrons. The van der Waals surface area contributed by atoms with E-state index >= 15 is 0 Å². The molecule has 0 spiro atoms. The Balaban J connectivity index is 2.33. The van der Waals surface area contributed by atoms with Crippen molar-refractivity contribution >= 4 is 17.2 Å². The van der Waals surface area contributed by atoms with E-state index in [2.05, 4.69) is 29.5 Å². The van der Waals surface area contributed by atoms with Gasteiger partial charge in [0.15, 0.2) is 0 Å². The molecule has 0 aliphatic heterocycles. The molecule has 0 saturated heterocycles. The van der Waals surface area contributed by atoms with Crippen LogP contribution in [0.3, 0.4) is 0 Å². The van der Waals surface area contributed by atoms with Gasteiger partial charge in [0, 0.05) is 17.1 Å². The van der Waals surface area contributed by atoms with Crippen molar-refractivity contribution in [2.45, 2.75) is 59.0 Å². The molecule has 1 aromatic rings. The quantitative estimate of drug-likeness (QED) is 0.771. The highest BCUT2D eigenvalue weighted by atomic mass is 32.1. The summed E-state index contributed by atoms with van der Waals surface area (Å²) in [4.78, 5) is 17.4. The lowest BCUT2D eigenvalue weighted by atomic mass is 10.2. The van der Waals surface area contributed by atoms with Crippen LogP contribution in [0.4, 0.5) is 0 Å². The van der Waals surface area contributed by atoms with Gasteiger partial charge in [-0.05, 0) is 26.7 Å². The lowest BCUT2D eigenvalue weighted by Gasteiger charge is -2.15. The minimum atomic E-state index is 0.0556. The molecule has 0 aromatic carbocycles. The maximum atomic E-state index is 11.7. The largest absolute Gasteiger partial charge is 0.353 e. The second-order valence-electron chi connectivity index (χ2n) is 4.88. The molecule has 2 atom stereocenters. The molecule has 2 N–H and O–H groups in total. The van der Waals surface area contributed by atoms with Crippen molar-refractivity contribution in [2.24, 2.45) is 0 Å². The van der Waals surface area contributed by atoms with Crippen molar-refractivity contribution in [2.75, 3.05) is 6.54 Å². The molecular formula is C14H25N3OS. The fourth-order valence-corrected chi connectivity index (χ4v) is 2.73. The van der Waals surface area contributed by atoms with E-state index in [1.807, 2.05) is 20.0 Å². The van der Waals surface area contributed by atoms with Crippen molar-refractivity contribution < 1.29 is 4.79 Å². The van der Waals surface area contributed by atoms with Crippen LogP contribution in [-0.2, 0) is 11.2 Å². The van der Waals surface area contributed by atoms with E-state index < -0.39 is 0 Å². The van der Waals surface area contributed by atoms with Crippen molar-refractivity contribution in [1.82, 2.24) is 15.6 Å². The summed E-state index contributed by atoms with van der Waals surface area (Å²) in [6.45, 7) is 8.67. The lowest BCUT2D eigenvalue weighted by Crippen LogP contribution is -2.39. The maximum Gasteiger partial charge on any atom is 0.234 e. The van der Waals surface area contributed by atoms with Gasteiger partial charge in [-0.2, -0.15) is 0 Å². The average Bonchev–Trinajstić information content (AvgIpc) is 2.85. The molecule has 1 amide bonds. The van der Waals surface area contributed by atoms with Crippen LogP contribution >= 0.6 is 11.3 Å². The molecule has 2 unspecified atom stereocenters. The summed E-state index contributed by atoms with van der Waals surface area (Å²) in [7, 11) is 0. The van der Waals surface area contributed by atoms with Crippen LogP contribution in [0.25, 0.3) is 0 Å². The number of carbonyl (C=O) groups is 1. The number of aromatic nitrogens is 1.